The molecule has 2 amide bonds. The molecule has 88 valence electrons. The molecule has 0 atom stereocenters. The van der Waals surface area contributed by atoms with Gasteiger partial charge in [0.25, 0.3) is 0 Å². The van der Waals surface area contributed by atoms with Crippen LogP contribution in [0.4, 0.5) is 4.79 Å². The highest BCUT2D eigenvalue weighted by Crippen LogP contribution is 1.57. The van der Waals surface area contributed by atoms with Gasteiger partial charge in [-0.2, -0.15) is 0 Å². The molecule has 0 aromatic heterocycles. The van der Waals surface area contributed by atoms with Gasteiger partial charge in [0, 0.05) is 10.4 Å². The third-order valence-electron chi connectivity index (χ3n) is 0. The zero-order valence-corrected chi connectivity index (χ0v) is 7.59. The molecular formula is CH8N4O8S-2. The van der Waals surface area contributed by atoms with Gasteiger partial charge in [0.1, 0.15) is 0 Å². The van der Waals surface area contributed by atoms with E-state index < -0.39 is 21.5 Å². The minimum atomic E-state index is -5.17. The number of amides is 2. The van der Waals surface area contributed by atoms with Crippen LogP contribution in [0.15, 0.2) is 0 Å². The van der Waals surface area contributed by atoms with Gasteiger partial charge in [0.05, 0.1) is 5.09 Å². The van der Waals surface area contributed by atoms with Crippen molar-refractivity contribution in [2.75, 3.05) is 0 Å². The van der Waals surface area contributed by atoms with Crippen LogP contribution in [0.25, 0.3) is 0 Å². The summed E-state index contributed by atoms with van der Waals surface area (Å²) in [6.45, 7) is 0. The van der Waals surface area contributed by atoms with Crippen LogP contribution >= 0.6 is 0 Å². The molecule has 12 nitrogen and oxygen atoms in total. The van der Waals surface area contributed by atoms with Crippen molar-refractivity contribution in [2.24, 2.45) is 11.5 Å². The summed E-state index contributed by atoms with van der Waals surface area (Å²) in [7, 11) is -5.17. The zero-order chi connectivity index (χ0) is 11.7. The largest absolute Gasteiger partial charge is 0.759 e. The Bertz CT molecular complexity index is 216. The average molecular weight is 236 g/mol. The third kappa shape index (κ3) is 308. The number of nitrogens with zero attached hydrogens (tertiary/aromatic N) is 1. The average Bonchev–Trinajstić information content (AvgIpc) is 1.50. The van der Waals surface area contributed by atoms with E-state index in [0.29, 0.717) is 0 Å². The molecule has 14 heavy (non-hydrogen) atoms. The van der Waals surface area contributed by atoms with Crippen LogP contribution in [0.5, 0.6) is 0 Å². The first-order valence-corrected chi connectivity index (χ1v) is 3.33. The Kier molecular flexibility index (Phi) is 18.4. The molecule has 0 aliphatic rings. The second kappa shape index (κ2) is 11.3. The Morgan fingerprint density at radius 2 is 1.14 bits per heavy atom. The Labute approximate surface area is 77.8 Å². The van der Waals surface area contributed by atoms with Gasteiger partial charge in [-0.1, -0.05) is 0 Å². The molecule has 0 bridgehead atoms. The molecule has 0 unspecified atom stereocenters. The van der Waals surface area contributed by atoms with Crippen LogP contribution in [0.2, 0.25) is 0 Å². The molecule has 0 radical (unpaired) electrons. The third-order valence-corrected chi connectivity index (χ3v) is 0. The molecule has 0 aromatic carbocycles. The Morgan fingerprint density at radius 3 is 1.14 bits per heavy atom. The number of carbonyl (C=O) groups excluding carboxylic acids is 1. The summed E-state index contributed by atoms with van der Waals surface area (Å²) in [6.07, 6.45) is 0. The van der Waals surface area contributed by atoms with E-state index in [4.69, 9.17) is 37.6 Å². The molecule has 0 saturated carbocycles. The lowest BCUT2D eigenvalue weighted by molar-refractivity contribution is -0.402. The Balaban J connectivity index is -0.0000000522. The fourth-order valence-corrected chi connectivity index (χ4v) is 0. The highest BCUT2D eigenvalue weighted by atomic mass is 32.3. The van der Waals surface area contributed by atoms with Crippen molar-refractivity contribution in [1.29, 1.82) is 0 Å². The van der Waals surface area contributed by atoms with E-state index in [2.05, 4.69) is 11.5 Å². The van der Waals surface area contributed by atoms with Gasteiger partial charge in [0.2, 0.25) is 0 Å². The van der Waals surface area contributed by atoms with Crippen molar-refractivity contribution < 1.29 is 27.4 Å². The minimum absolute atomic E-state index is 0. The summed E-state index contributed by atoms with van der Waals surface area (Å²) < 4.78 is 34.1. The summed E-state index contributed by atoms with van der Waals surface area (Å²) >= 11 is 0. The van der Waals surface area contributed by atoms with Gasteiger partial charge < -0.3 is 42.0 Å². The minimum Gasteiger partial charge on any atom is -0.759 e. The first-order valence-electron chi connectivity index (χ1n) is 2.00. The lowest BCUT2D eigenvalue weighted by atomic mass is 11.2. The fourth-order valence-electron chi connectivity index (χ4n) is 0. The fraction of sp³-hybridized carbons (Fsp3) is 0. The molecule has 0 spiro atoms. The number of hydrogen-bond acceptors (Lipinski definition) is 8. The molecule has 13 heteroatoms. The van der Waals surface area contributed by atoms with E-state index in [9.17, 15) is 0 Å². The number of carbonyl (C=O) groups is 1. The SMILES string of the molecule is NC(N)=O.O=S(=O)([O-])[O-].O=[N+]([O-])[O-].[NH4+]. The first-order chi connectivity index (χ1) is 5.46. The van der Waals surface area contributed by atoms with Crippen molar-refractivity contribution >= 4 is 16.4 Å². The quantitative estimate of drug-likeness (QED) is 0.180. The van der Waals surface area contributed by atoms with Gasteiger partial charge in [0.15, 0.2) is 0 Å². The molecule has 0 saturated heterocycles. The lowest BCUT2D eigenvalue weighted by Crippen LogP contribution is -2.18. The predicted molar refractivity (Wildman–Crippen MR) is 40.6 cm³/mol. The predicted octanol–water partition coefficient (Wildman–Crippen LogP) is -2.18. The van der Waals surface area contributed by atoms with Gasteiger partial charge in [-0.15, -0.1) is 0 Å². The van der Waals surface area contributed by atoms with Crippen molar-refractivity contribution in [3.05, 3.63) is 15.3 Å². The second-order valence-electron chi connectivity index (χ2n) is 1.03. The van der Waals surface area contributed by atoms with E-state index in [-0.39, 0.29) is 6.15 Å². The van der Waals surface area contributed by atoms with Crippen LogP contribution in [0, 0.1) is 15.3 Å². The molecule has 0 rings (SSSR count). The van der Waals surface area contributed by atoms with Crippen molar-refractivity contribution in [3.8, 4) is 0 Å². The highest BCUT2D eigenvalue weighted by molar-refractivity contribution is 7.79. The highest BCUT2D eigenvalue weighted by Gasteiger charge is 1.60. The van der Waals surface area contributed by atoms with Crippen molar-refractivity contribution in [1.82, 2.24) is 6.15 Å². The zero-order valence-electron chi connectivity index (χ0n) is 6.78. The van der Waals surface area contributed by atoms with Crippen LogP contribution in [-0.2, 0) is 10.4 Å². The topological polar surface area (TPSA) is 252 Å². The van der Waals surface area contributed by atoms with E-state index in [1.807, 2.05) is 0 Å². The van der Waals surface area contributed by atoms with Gasteiger partial charge in [-0.3, -0.25) is 8.42 Å². The van der Waals surface area contributed by atoms with Gasteiger partial charge >= 0.3 is 6.03 Å². The van der Waals surface area contributed by atoms with Crippen molar-refractivity contribution in [3.63, 3.8) is 0 Å². The Hall–Kier alpha value is -1.70. The van der Waals surface area contributed by atoms with E-state index in [1.165, 1.54) is 0 Å². The molecule has 8 N–H and O–H groups in total. The molecule has 0 aliphatic heterocycles. The molecule has 0 heterocycles. The first kappa shape index (κ1) is 22.8. The van der Waals surface area contributed by atoms with Crippen LogP contribution < -0.4 is 17.6 Å². The molecule has 0 aliphatic carbocycles. The molecule has 0 aromatic rings. The summed E-state index contributed by atoms with van der Waals surface area (Å²) in [5.74, 6) is 0. The van der Waals surface area contributed by atoms with Crippen molar-refractivity contribution in [2.45, 2.75) is 0 Å². The smallest absolute Gasteiger partial charge is 0.309 e. The normalized spacial score (nSPS) is 7.57. The standard InChI is InChI=1S/CH4N2O.NO3.H3N.H2O4S/c2*2-1(3)4;;1-5(2,3)4/h(H4,2,3,4);;1H3;(H2,1,2,3,4)/q;-1;;/p-1. The maximum atomic E-state index is 9.00. The number of nitrogens with two attached hydrogens (primary N) is 2. The summed E-state index contributed by atoms with van der Waals surface area (Å²) in [4.78, 5) is 17.2. The van der Waals surface area contributed by atoms with E-state index in [1.54, 1.807) is 0 Å². The summed E-state index contributed by atoms with van der Waals surface area (Å²) in [5, 5.41) is 14.8. The van der Waals surface area contributed by atoms with Crippen LogP contribution in [-0.4, -0.2) is 28.6 Å². The van der Waals surface area contributed by atoms with Crippen LogP contribution in [0.3, 0.4) is 0 Å². The maximum Gasteiger partial charge on any atom is 0.309 e. The summed E-state index contributed by atoms with van der Waals surface area (Å²) in [6, 6.07) is -0.833. The van der Waals surface area contributed by atoms with Gasteiger partial charge in [-0.05, 0) is 0 Å². The number of primary amides is 2. The van der Waals surface area contributed by atoms with Crippen LogP contribution in [0.1, 0.15) is 0 Å². The maximum absolute atomic E-state index is 9.00. The summed E-state index contributed by atoms with van der Waals surface area (Å²) in [5.41, 5.74) is 8.50. The number of urea groups is 1. The van der Waals surface area contributed by atoms with E-state index >= 15 is 0 Å². The molecular weight excluding hydrogens is 228 g/mol. The molecule has 0 fully saturated rings. The monoisotopic (exact) mass is 236 g/mol. The van der Waals surface area contributed by atoms with Gasteiger partial charge in [-0.25, -0.2) is 4.79 Å². The number of quaternary nitrogens is 1. The second-order valence-corrected chi connectivity index (χ2v) is 1.85. The lowest BCUT2D eigenvalue weighted by Gasteiger charge is -2.06. The number of hydrogen-bond donors (Lipinski definition) is 3. The Morgan fingerprint density at radius 1 is 1.14 bits per heavy atom. The number of rotatable bonds is 0. The van der Waals surface area contributed by atoms with E-state index in [0.717, 1.165) is 0 Å².